The number of Topliss-reactive ketones (excluding diaryl/α,β-unsaturated/α-hetero) is 1. The second-order valence-electron chi connectivity index (χ2n) is 5.97. The van der Waals surface area contributed by atoms with Crippen molar-refractivity contribution in [1.29, 1.82) is 0 Å². The Balaban J connectivity index is 1.84. The molecule has 25 heavy (non-hydrogen) atoms. The first-order chi connectivity index (χ1) is 11.8. The Labute approximate surface area is 144 Å². The standard InChI is InChI=1S/C19H19F2NO3/c1-19(25,14-5-3-2-4-6-14)12-22-18(24)10-9-17(23)13-7-8-15(20)16(21)11-13/h2-8,11,25H,9-10,12H2,1H3,(H,22,24). The Bertz CT molecular complexity index is 761. The molecule has 132 valence electrons. The van der Waals surface area contributed by atoms with Crippen LogP contribution in [0, 0.1) is 11.6 Å². The van der Waals surface area contributed by atoms with Crippen LogP contribution < -0.4 is 5.32 Å². The Morgan fingerprint density at radius 1 is 1.04 bits per heavy atom. The minimum atomic E-state index is -1.24. The lowest BCUT2D eigenvalue weighted by molar-refractivity contribution is -0.122. The van der Waals surface area contributed by atoms with Crippen LogP contribution in [0.5, 0.6) is 0 Å². The van der Waals surface area contributed by atoms with Crippen LogP contribution in [0.4, 0.5) is 8.78 Å². The number of hydrogen-bond acceptors (Lipinski definition) is 3. The smallest absolute Gasteiger partial charge is 0.220 e. The predicted octanol–water partition coefficient (Wildman–Crippen LogP) is 2.95. The summed E-state index contributed by atoms with van der Waals surface area (Å²) in [5.41, 5.74) is -0.558. The van der Waals surface area contributed by atoms with E-state index in [2.05, 4.69) is 5.32 Å². The third-order valence-electron chi connectivity index (χ3n) is 3.85. The van der Waals surface area contributed by atoms with Crippen molar-refractivity contribution >= 4 is 11.7 Å². The average molecular weight is 347 g/mol. The molecule has 2 aromatic rings. The van der Waals surface area contributed by atoms with Crippen molar-refractivity contribution in [2.75, 3.05) is 6.54 Å². The van der Waals surface area contributed by atoms with Gasteiger partial charge < -0.3 is 10.4 Å². The van der Waals surface area contributed by atoms with E-state index in [1.54, 1.807) is 31.2 Å². The molecule has 4 nitrogen and oxygen atoms in total. The van der Waals surface area contributed by atoms with Gasteiger partial charge in [-0.2, -0.15) is 0 Å². The monoisotopic (exact) mass is 347 g/mol. The van der Waals surface area contributed by atoms with E-state index in [1.807, 2.05) is 6.07 Å². The van der Waals surface area contributed by atoms with Gasteiger partial charge in [0.25, 0.3) is 0 Å². The number of halogens is 2. The van der Waals surface area contributed by atoms with E-state index in [4.69, 9.17) is 0 Å². The fourth-order valence-electron chi connectivity index (χ4n) is 2.30. The molecule has 0 bridgehead atoms. The van der Waals surface area contributed by atoms with Gasteiger partial charge in [-0.3, -0.25) is 9.59 Å². The minimum absolute atomic E-state index is 0.00475. The van der Waals surface area contributed by atoms with Crippen molar-refractivity contribution in [3.8, 4) is 0 Å². The van der Waals surface area contributed by atoms with Crippen molar-refractivity contribution in [1.82, 2.24) is 5.32 Å². The zero-order valence-electron chi connectivity index (χ0n) is 13.8. The third-order valence-corrected chi connectivity index (χ3v) is 3.85. The van der Waals surface area contributed by atoms with Crippen LogP contribution in [0.25, 0.3) is 0 Å². The second kappa shape index (κ2) is 7.98. The number of carbonyl (C=O) groups is 2. The van der Waals surface area contributed by atoms with Crippen molar-refractivity contribution in [3.63, 3.8) is 0 Å². The lowest BCUT2D eigenvalue weighted by atomic mass is 9.96. The van der Waals surface area contributed by atoms with Gasteiger partial charge in [-0.05, 0) is 30.7 Å². The van der Waals surface area contributed by atoms with Crippen LogP contribution >= 0.6 is 0 Å². The zero-order valence-corrected chi connectivity index (χ0v) is 13.8. The fraction of sp³-hybridized carbons (Fsp3) is 0.263. The zero-order chi connectivity index (χ0) is 18.4. The number of amides is 1. The first-order valence-corrected chi connectivity index (χ1v) is 7.82. The summed E-state index contributed by atoms with van der Waals surface area (Å²) < 4.78 is 26.0. The first kappa shape index (κ1) is 18.7. The number of ketones is 1. The van der Waals surface area contributed by atoms with Crippen molar-refractivity contribution in [2.24, 2.45) is 0 Å². The largest absolute Gasteiger partial charge is 0.384 e. The maximum atomic E-state index is 13.1. The maximum Gasteiger partial charge on any atom is 0.220 e. The van der Waals surface area contributed by atoms with Gasteiger partial charge in [-0.1, -0.05) is 30.3 Å². The molecule has 0 heterocycles. The van der Waals surface area contributed by atoms with Gasteiger partial charge in [-0.15, -0.1) is 0 Å². The SMILES string of the molecule is CC(O)(CNC(=O)CCC(=O)c1ccc(F)c(F)c1)c1ccccc1. The summed E-state index contributed by atoms with van der Waals surface area (Å²) in [6.45, 7) is 1.57. The molecule has 2 N–H and O–H groups in total. The van der Waals surface area contributed by atoms with E-state index in [9.17, 15) is 23.5 Å². The van der Waals surface area contributed by atoms with Crippen LogP contribution in [0.3, 0.4) is 0 Å². The van der Waals surface area contributed by atoms with E-state index in [0.29, 0.717) is 5.56 Å². The van der Waals surface area contributed by atoms with E-state index < -0.39 is 28.9 Å². The minimum Gasteiger partial charge on any atom is -0.384 e. The Kier molecular flexibility index (Phi) is 5.98. The van der Waals surface area contributed by atoms with Gasteiger partial charge in [0.15, 0.2) is 17.4 Å². The van der Waals surface area contributed by atoms with Gasteiger partial charge >= 0.3 is 0 Å². The Morgan fingerprint density at radius 3 is 2.36 bits per heavy atom. The highest BCUT2D eigenvalue weighted by atomic mass is 19.2. The molecule has 0 saturated carbocycles. The van der Waals surface area contributed by atoms with Crippen LogP contribution in [-0.2, 0) is 10.4 Å². The van der Waals surface area contributed by atoms with Crippen LogP contribution in [0.1, 0.15) is 35.7 Å². The predicted molar refractivity (Wildman–Crippen MR) is 88.9 cm³/mol. The number of nitrogens with one attached hydrogen (secondary N) is 1. The molecule has 0 aliphatic carbocycles. The van der Waals surface area contributed by atoms with E-state index in [-0.39, 0.29) is 24.9 Å². The molecule has 2 rings (SSSR count). The molecule has 0 aliphatic rings. The van der Waals surface area contributed by atoms with Gasteiger partial charge in [0, 0.05) is 18.4 Å². The van der Waals surface area contributed by atoms with E-state index in [0.717, 1.165) is 12.1 Å². The summed E-state index contributed by atoms with van der Waals surface area (Å²) in [6.07, 6.45) is -0.243. The highest BCUT2D eigenvalue weighted by Crippen LogP contribution is 2.19. The van der Waals surface area contributed by atoms with Gasteiger partial charge in [-0.25, -0.2) is 8.78 Å². The molecule has 0 radical (unpaired) electrons. The molecular weight excluding hydrogens is 328 g/mol. The second-order valence-corrected chi connectivity index (χ2v) is 5.97. The van der Waals surface area contributed by atoms with Crippen molar-refractivity contribution < 1.29 is 23.5 Å². The summed E-state index contributed by atoms with van der Waals surface area (Å²) in [6, 6.07) is 11.8. The quantitative estimate of drug-likeness (QED) is 0.757. The molecular formula is C19H19F2NO3. The highest BCUT2D eigenvalue weighted by Gasteiger charge is 2.23. The van der Waals surface area contributed by atoms with Gasteiger partial charge in [0.1, 0.15) is 5.60 Å². The number of aliphatic hydroxyl groups is 1. The van der Waals surface area contributed by atoms with Crippen molar-refractivity contribution in [3.05, 3.63) is 71.3 Å². The average Bonchev–Trinajstić information content (AvgIpc) is 2.61. The molecule has 1 atom stereocenters. The molecule has 0 fully saturated rings. The molecule has 0 aromatic heterocycles. The number of benzene rings is 2. The third kappa shape index (κ3) is 5.19. The Morgan fingerprint density at radius 2 is 1.72 bits per heavy atom. The normalized spacial score (nSPS) is 13.1. The summed E-state index contributed by atoms with van der Waals surface area (Å²) in [7, 11) is 0. The summed E-state index contributed by atoms with van der Waals surface area (Å²) in [5, 5.41) is 13.0. The Hall–Kier alpha value is -2.60. The molecule has 1 amide bonds. The van der Waals surface area contributed by atoms with Gasteiger partial charge in [0.2, 0.25) is 5.91 Å². The highest BCUT2D eigenvalue weighted by molar-refractivity contribution is 5.97. The molecule has 6 heteroatoms. The van der Waals surface area contributed by atoms with Crippen LogP contribution in [-0.4, -0.2) is 23.3 Å². The number of rotatable bonds is 7. The van der Waals surface area contributed by atoms with Crippen LogP contribution in [0.15, 0.2) is 48.5 Å². The molecule has 2 aromatic carbocycles. The lowest BCUT2D eigenvalue weighted by Crippen LogP contribution is -2.38. The first-order valence-electron chi connectivity index (χ1n) is 7.82. The van der Waals surface area contributed by atoms with E-state index >= 15 is 0 Å². The summed E-state index contributed by atoms with van der Waals surface area (Å²) >= 11 is 0. The number of carbonyl (C=O) groups excluding carboxylic acids is 2. The molecule has 0 spiro atoms. The van der Waals surface area contributed by atoms with Gasteiger partial charge in [0.05, 0.1) is 6.54 Å². The summed E-state index contributed by atoms with van der Waals surface area (Å²) in [5.74, 6) is -3.00. The fourth-order valence-corrected chi connectivity index (χ4v) is 2.30. The topological polar surface area (TPSA) is 66.4 Å². The summed E-state index contributed by atoms with van der Waals surface area (Å²) in [4.78, 5) is 23.8. The maximum absolute atomic E-state index is 13.1. The van der Waals surface area contributed by atoms with E-state index in [1.165, 1.54) is 6.07 Å². The van der Waals surface area contributed by atoms with Crippen LogP contribution in [0.2, 0.25) is 0 Å². The molecule has 0 saturated heterocycles. The number of hydrogen-bond donors (Lipinski definition) is 2. The van der Waals surface area contributed by atoms with Crippen molar-refractivity contribution in [2.45, 2.75) is 25.4 Å². The lowest BCUT2D eigenvalue weighted by Gasteiger charge is -2.24. The molecule has 1 unspecified atom stereocenters. The molecule has 0 aliphatic heterocycles.